The van der Waals surface area contributed by atoms with Gasteiger partial charge in [-0.05, 0) is 89.9 Å². The van der Waals surface area contributed by atoms with Crippen LogP contribution in [-0.4, -0.2) is 49.5 Å². The van der Waals surface area contributed by atoms with Crippen molar-refractivity contribution >= 4 is 0 Å². The SMILES string of the molecule is COC1CCCC(NC2CCC(NC3CCC(NC4CCCCC4)CC3)CC2)C1. The van der Waals surface area contributed by atoms with Crippen molar-refractivity contribution in [1.82, 2.24) is 16.0 Å². The van der Waals surface area contributed by atoms with Gasteiger partial charge >= 0.3 is 0 Å². The lowest BCUT2D eigenvalue weighted by molar-refractivity contribution is 0.0555. The molecule has 4 nitrogen and oxygen atoms in total. The number of methoxy groups -OCH3 is 1. The minimum atomic E-state index is 0.488. The van der Waals surface area contributed by atoms with Gasteiger partial charge in [0, 0.05) is 43.4 Å². The highest BCUT2D eigenvalue weighted by molar-refractivity contribution is 4.90. The Kier molecular flexibility index (Phi) is 8.71. The van der Waals surface area contributed by atoms with Crippen LogP contribution in [0.3, 0.4) is 0 Å². The van der Waals surface area contributed by atoms with Gasteiger partial charge in [0.25, 0.3) is 0 Å². The van der Waals surface area contributed by atoms with E-state index in [1.807, 2.05) is 7.11 Å². The van der Waals surface area contributed by atoms with Crippen molar-refractivity contribution in [1.29, 1.82) is 0 Å². The lowest BCUT2D eigenvalue weighted by Gasteiger charge is -2.38. The van der Waals surface area contributed by atoms with E-state index in [9.17, 15) is 0 Å². The normalized spacial score (nSPS) is 40.0. The van der Waals surface area contributed by atoms with Gasteiger partial charge in [0.05, 0.1) is 6.10 Å². The quantitative estimate of drug-likeness (QED) is 0.576. The first-order chi connectivity index (χ1) is 14.3. The lowest BCUT2D eigenvalue weighted by atomic mass is 9.85. The summed E-state index contributed by atoms with van der Waals surface area (Å²) in [6.07, 6.45) is 23.8. The smallest absolute Gasteiger partial charge is 0.0586 e. The highest BCUT2D eigenvalue weighted by Crippen LogP contribution is 2.27. The van der Waals surface area contributed by atoms with Crippen LogP contribution in [0.2, 0.25) is 0 Å². The molecule has 0 amide bonds. The fourth-order valence-corrected chi connectivity index (χ4v) is 6.63. The summed E-state index contributed by atoms with van der Waals surface area (Å²) in [5.41, 5.74) is 0. The highest BCUT2D eigenvalue weighted by Gasteiger charge is 2.29. The summed E-state index contributed by atoms with van der Waals surface area (Å²) in [6, 6.07) is 4.58. The van der Waals surface area contributed by atoms with Crippen LogP contribution >= 0.6 is 0 Å². The van der Waals surface area contributed by atoms with Crippen LogP contribution in [0.25, 0.3) is 0 Å². The van der Waals surface area contributed by atoms with Crippen LogP contribution < -0.4 is 16.0 Å². The molecule has 3 N–H and O–H groups in total. The van der Waals surface area contributed by atoms with Crippen molar-refractivity contribution in [2.24, 2.45) is 0 Å². The van der Waals surface area contributed by atoms with Crippen LogP contribution in [0.1, 0.15) is 109 Å². The number of hydrogen-bond acceptors (Lipinski definition) is 4. The molecular formula is C25H47N3O. The van der Waals surface area contributed by atoms with E-state index in [1.165, 1.54) is 109 Å². The second-order valence-corrected chi connectivity index (χ2v) is 10.7. The zero-order chi connectivity index (χ0) is 19.9. The number of nitrogens with one attached hydrogen (secondary N) is 3. The Balaban J connectivity index is 1.09. The maximum atomic E-state index is 5.61. The van der Waals surface area contributed by atoms with Crippen molar-refractivity contribution in [3.05, 3.63) is 0 Å². The molecule has 4 heteroatoms. The molecule has 4 aliphatic rings. The van der Waals surface area contributed by atoms with Gasteiger partial charge in [0.1, 0.15) is 0 Å². The molecule has 4 saturated carbocycles. The number of hydrogen-bond donors (Lipinski definition) is 3. The minimum absolute atomic E-state index is 0.488. The van der Waals surface area contributed by atoms with Gasteiger partial charge in [0.15, 0.2) is 0 Å². The molecule has 0 heterocycles. The van der Waals surface area contributed by atoms with E-state index < -0.39 is 0 Å². The Morgan fingerprint density at radius 1 is 0.448 bits per heavy atom. The van der Waals surface area contributed by atoms with Gasteiger partial charge in [-0.15, -0.1) is 0 Å². The summed E-state index contributed by atoms with van der Waals surface area (Å²) in [4.78, 5) is 0. The molecule has 2 unspecified atom stereocenters. The predicted molar refractivity (Wildman–Crippen MR) is 121 cm³/mol. The molecule has 2 atom stereocenters. The molecular weight excluding hydrogens is 358 g/mol. The highest BCUT2D eigenvalue weighted by atomic mass is 16.5. The van der Waals surface area contributed by atoms with Crippen LogP contribution in [0, 0.1) is 0 Å². The van der Waals surface area contributed by atoms with E-state index in [4.69, 9.17) is 4.74 Å². The summed E-state index contributed by atoms with van der Waals surface area (Å²) >= 11 is 0. The zero-order valence-electron chi connectivity index (χ0n) is 19.0. The molecule has 0 saturated heterocycles. The van der Waals surface area contributed by atoms with Crippen molar-refractivity contribution in [2.75, 3.05) is 7.11 Å². The molecule has 0 spiro atoms. The fourth-order valence-electron chi connectivity index (χ4n) is 6.63. The van der Waals surface area contributed by atoms with Crippen molar-refractivity contribution in [2.45, 2.75) is 152 Å². The Bertz CT molecular complexity index is 451. The van der Waals surface area contributed by atoms with Gasteiger partial charge in [-0.3, -0.25) is 0 Å². The molecule has 4 aliphatic carbocycles. The average molecular weight is 406 g/mol. The first-order valence-corrected chi connectivity index (χ1v) is 13.1. The topological polar surface area (TPSA) is 45.3 Å². The van der Waals surface area contributed by atoms with Gasteiger partial charge in [-0.25, -0.2) is 0 Å². The first kappa shape index (κ1) is 22.0. The van der Waals surface area contributed by atoms with Crippen molar-refractivity contribution in [3.8, 4) is 0 Å². The molecule has 4 rings (SSSR count). The Morgan fingerprint density at radius 3 is 1.34 bits per heavy atom. The first-order valence-electron chi connectivity index (χ1n) is 13.1. The third-order valence-corrected chi connectivity index (χ3v) is 8.43. The van der Waals surface area contributed by atoms with Crippen LogP contribution in [-0.2, 0) is 4.74 Å². The monoisotopic (exact) mass is 405 g/mol. The van der Waals surface area contributed by atoms with Gasteiger partial charge in [-0.1, -0.05) is 19.3 Å². The Morgan fingerprint density at radius 2 is 0.862 bits per heavy atom. The largest absolute Gasteiger partial charge is 0.381 e. The summed E-state index contributed by atoms with van der Waals surface area (Å²) in [5, 5.41) is 12.0. The lowest BCUT2D eigenvalue weighted by Crippen LogP contribution is -2.49. The van der Waals surface area contributed by atoms with E-state index in [2.05, 4.69) is 16.0 Å². The molecule has 0 aromatic rings. The molecule has 168 valence electrons. The maximum Gasteiger partial charge on any atom is 0.0586 e. The summed E-state index contributed by atoms with van der Waals surface area (Å²) in [6.45, 7) is 0. The summed E-state index contributed by atoms with van der Waals surface area (Å²) in [7, 11) is 1.88. The molecule has 0 aliphatic heterocycles. The third-order valence-electron chi connectivity index (χ3n) is 8.43. The molecule has 0 aromatic carbocycles. The van der Waals surface area contributed by atoms with E-state index in [0.717, 1.165) is 30.2 Å². The van der Waals surface area contributed by atoms with E-state index >= 15 is 0 Å². The molecule has 0 radical (unpaired) electrons. The van der Waals surface area contributed by atoms with Crippen LogP contribution in [0.15, 0.2) is 0 Å². The minimum Gasteiger partial charge on any atom is -0.381 e. The van der Waals surface area contributed by atoms with Crippen molar-refractivity contribution < 1.29 is 4.74 Å². The number of rotatable bonds is 7. The van der Waals surface area contributed by atoms with Gasteiger partial charge in [0.2, 0.25) is 0 Å². The van der Waals surface area contributed by atoms with Gasteiger partial charge < -0.3 is 20.7 Å². The standard InChI is InChI=1S/C25H47N3O/c1-29-25-9-5-8-24(18-25)28-23-16-14-22(15-17-23)27-21-12-10-20(11-13-21)26-19-6-3-2-4-7-19/h19-28H,2-18H2,1H3. The second kappa shape index (κ2) is 11.5. The van der Waals surface area contributed by atoms with Crippen molar-refractivity contribution in [3.63, 3.8) is 0 Å². The summed E-state index contributed by atoms with van der Waals surface area (Å²) < 4.78 is 5.61. The fraction of sp³-hybridized carbons (Fsp3) is 1.00. The predicted octanol–water partition coefficient (Wildman–Crippen LogP) is 4.67. The number of ether oxygens (including phenoxy) is 1. The molecule has 4 fully saturated rings. The molecule has 0 bridgehead atoms. The average Bonchev–Trinajstić information content (AvgIpc) is 2.77. The van der Waals surface area contributed by atoms with E-state index in [-0.39, 0.29) is 0 Å². The Labute approximate surface area is 179 Å². The Hall–Kier alpha value is -0.160. The maximum absolute atomic E-state index is 5.61. The molecule has 29 heavy (non-hydrogen) atoms. The summed E-state index contributed by atoms with van der Waals surface area (Å²) in [5.74, 6) is 0. The van der Waals surface area contributed by atoms with Crippen LogP contribution in [0.4, 0.5) is 0 Å². The second-order valence-electron chi connectivity index (χ2n) is 10.7. The van der Waals surface area contributed by atoms with E-state index in [0.29, 0.717) is 12.1 Å². The van der Waals surface area contributed by atoms with E-state index in [1.54, 1.807) is 0 Å². The molecule has 0 aromatic heterocycles. The zero-order valence-corrected chi connectivity index (χ0v) is 19.0. The van der Waals surface area contributed by atoms with Crippen LogP contribution in [0.5, 0.6) is 0 Å². The van der Waals surface area contributed by atoms with Gasteiger partial charge in [-0.2, -0.15) is 0 Å². The third kappa shape index (κ3) is 6.92.